The van der Waals surface area contributed by atoms with Crippen molar-refractivity contribution in [2.45, 2.75) is 24.9 Å². The Morgan fingerprint density at radius 2 is 2.08 bits per heavy atom. The van der Waals surface area contributed by atoms with Crippen molar-refractivity contribution in [2.24, 2.45) is 0 Å². The molecule has 1 fully saturated rings. The highest BCUT2D eigenvalue weighted by Gasteiger charge is 2.49. The Labute approximate surface area is 140 Å². The van der Waals surface area contributed by atoms with Crippen LogP contribution in [0.3, 0.4) is 0 Å². The molecule has 1 aliphatic heterocycles. The van der Waals surface area contributed by atoms with Crippen LogP contribution in [0.2, 0.25) is 0 Å². The number of amides is 1. The summed E-state index contributed by atoms with van der Waals surface area (Å²) in [4.78, 5) is 31.7. The van der Waals surface area contributed by atoms with E-state index in [0.29, 0.717) is 24.7 Å². The van der Waals surface area contributed by atoms with Crippen LogP contribution in [0.1, 0.15) is 24.1 Å². The topological polar surface area (TPSA) is 93.1 Å². The van der Waals surface area contributed by atoms with Crippen LogP contribution in [-0.2, 0) is 16.9 Å². The molecule has 0 aliphatic carbocycles. The molecule has 1 saturated heterocycles. The number of hydrogen-bond acceptors (Lipinski definition) is 7. The lowest BCUT2D eigenvalue weighted by Crippen LogP contribution is -2.52. The van der Waals surface area contributed by atoms with Crippen molar-refractivity contribution in [3.63, 3.8) is 0 Å². The van der Waals surface area contributed by atoms with E-state index in [0.717, 1.165) is 18.5 Å². The predicted molar refractivity (Wildman–Crippen MR) is 86.0 cm³/mol. The Morgan fingerprint density at radius 1 is 1.29 bits per heavy atom. The van der Waals surface area contributed by atoms with Crippen LogP contribution < -0.4 is 10.1 Å². The molecule has 1 amide bonds. The zero-order chi connectivity index (χ0) is 17.0. The average molecular weight is 328 g/mol. The Bertz CT molecular complexity index is 693. The standard InChI is InChI=1S/C16H20N6O2/c1-17-14(23)16(13-10-18-5-6-19-13)4-3-7-22(16)11-12-8-20-15(24-2)21-9-12/h5-6,8-10H,3-4,7,11H2,1-2H3,(H,17,23). The number of ether oxygens (including phenoxy) is 1. The third-order valence-corrected chi connectivity index (χ3v) is 4.33. The van der Waals surface area contributed by atoms with Gasteiger partial charge in [0.1, 0.15) is 5.54 Å². The van der Waals surface area contributed by atoms with E-state index in [2.05, 4.69) is 30.2 Å². The van der Waals surface area contributed by atoms with Gasteiger partial charge in [-0.05, 0) is 19.4 Å². The molecule has 1 unspecified atom stereocenters. The molecule has 126 valence electrons. The highest BCUT2D eigenvalue weighted by atomic mass is 16.5. The monoisotopic (exact) mass is 328 g/mol. The van der Waals surface area contributed by atoms with Gasteiger partial charge in [0.05, 0.1) is 19.0 Å². The number of methoxy groups -OCH3 is 1. The van der Waals surface area contributed by atoms with E-state index in [9.17, 15) is 4.79 Å². The van der Waals surface area contributed by atoms with Crippen LogP contribution in [0.5, 0.6) is 6.01 Å². The van der Waals surface area contributed by atoms with Gasteiger partial charge in [-0.2, -0.15) is 0 Å². The molecule has 0 saturated carbocycles. The summed E-state index contributed by atoms with van der Waals surface area (Å²) in [6.45, 7) is 1.34. The second-order valence-electron chi connectivity index (χ2n) is 5.63. The lowest BCUT2D eigenvalue weighted by Gasteiger charge is -2.36. The number of aromatic nitrogens is 4. The van der Waals surface area contributed by atoms with E-state index in [1.807, 2.05) is 0 Å². The number of nitrogens with one attached hydrogen (secondary N) is 1. The first-order chi connectivity index (χ1) is 11.7. The van der Waals surface area contributed by atoms with Crippen molar-refractivity contribution < 1.29 is 9.53 Å². The highest BCUT2D eigenvalue weighted by Crippen LogP contribution is 2.39. The quantitative estimate of drug-likeness (QED) is 0.855. The number of hydrogen-bond donors (Lipinski definition) is 1. The average Bonchev–Trinajstić information content (AvgIpc) is 3.07. The van der Waals surface area contributed by atoms with Crippen LogP contribution in [0.15, 0.2) is 31.0 Å². The lowest BCUT2D eigenvalue weighted by molar-refractivity contribution is -0.132. The van der Waals surface area contributed by atoms with E-state index >= 15 is 0 Å². The molecule has 2 aromatic heterocycles. The smallest absolute Gasteiger partial charge is 0.316 e. The third kappa shape index (κ3) is 2.80. The van der Waals surface area contributed by atoms with Gasteiger partial charge in [0.2, 0.25) is 5.91 Å². The van der Waals surface area contributed by atoms with Crippen molar-refractivity contribution in [3.8, 4) is 6.01 Å². The number of likely N-dealkylation sites (tertiary alicyclic amines) is 1. The number of carbonyl (C=O) groups excluding carboxylic acids is 1. The van der Waals surface area contributed by atoms with Gasteiger partial charge in [-0.1, -0.05) is 0 Å². The first-order valence-corrected chi connectivity index (χ1v) is 7.79. The fourth-order valence-corrected chi connectivity index (χ4v) is 3.22. The lowest BCUT2D eigenvalue weighted by atomic mass is 9.90. The molecule has 0 radical (unpaired) electrons. The molecule has 0 spiro atoms. The molecule has 24 heavy (non-hydrogen) atoms. The zero-order valence-electron chi connectivity index (χ0n) is 13.8. The Kier molecular flexibility index (Phi) is 4.66. The van der Waals surface area contributed by atoms with Gasteiger partial charge in [-0.15, -0.1) is 0 Å². The van der Waals surface area contributed by atoms with E-state index in [4.69, 9.17) is 4.74 Å². The first-order valence-electron chi connectivity index (χ1n) is 7.79. The number of likely N-dealkylation sites (N-methyl/N-ethyl adjacent to an activating group) is 1. The summed E-state index contributed by atoms with van der Waals surface area (Å²) in [5, 5.41) is 2.78. The Hall–Kier alpha value is -2.61. The molecule has 3 heterocycles. The van der Waals surface area contributed by atoms with Crippen LogP contribution in [0.25, 0.3) is 0 Å². The second kappa shape index (κ2) is 6.88. The second-order valence-corrected chi connectivity index (χ2v) is 5.63. The van der Waals surface area contributed by atoms with Gasteiger partial charge >= 0.3 is 6.01 Å². The van der Waals surface area contributed by atoms with Crippen molar-refractivity contribution >= 4 is 5.91 Å². The third-order valence-electron chi connectivity index (χ3n) is 4.33. The first kappa shape index (κ1) is 16.3. The van der Waals surface area contributed by atoms with Crippen LogP contribution >= 0.6 is 0 Å². The van der Waals surface area contributed by atoms with Crippen molar-refractivity contribution in [2.75, 3.05) is 20.7 Å². The Balaban J connectivity index is 1.93. The SMILES string of the molecule is CNC(=O)C1(c2cnccn2)CCCN1Cc1cnc(OC)nc1. The molecule has 3 rings (SSSR count). The summed E-state index contributed by atoms with van der Waals surface area (Å²) in [7, 11) is 3.17. The number of nitrogens with zero attached hydrogens (tertiary/aromatic N) is 5. The number of carbonyl (C=O) groups is 1. The normalized spacial score (nSPS) is 20.8. The fourth-order valence-electron chi connectivity index (χ4n) is 3.22. The minimum atomic E-state index is -0.817. The van der Waals surface area contributed by atoms with Crippen LogP contribution in [-0.4, -0.2) is 51.4 Å². The van der Waals surface area contributed by atoms with E-state index in [1.54, 1.807) is 38.0 Å². The molecule has 8 heteroatoms. The zero-order valence-corrected chi connectivity index (χ0v) is 13.8. The van der Waals surface area contributed by atoms with Gasteiger partial charge < -0.3 is 10.1 Å². The molecule has 8 nitrogen and oxygen atoms in total. The van der Waals surface area contributed by atoms with Gasteiger partial charge in [0.15, 0.2) is 0 Å². The van der Waals surface area contributed by atoms with E-state index < -0.39 is 5.54 Å². The molecule has 2 aromatic rings. The van der Waals surface area contributed by atoms with Crippen molar-refractivity contribution in [1.29, 1.82) is 0 Å². The summed E-state index contributed by atoms with van der Waals surface area (Å²) in [5.74, 6) is -0.0741. The summed E-state index contributed by atoms with van der Waals surface area (Å²) >= 11 is 0. The minimum Gasteiger partial charge on any atom is -0.467 e. The fraction of sp³-hybridized carbons (Fsp3) is 0.438. The maximum atomic E-state index is 12.8. The highest BCUT2D eigenvalue weighted by molar-refractivity contribution is 5.87. The van der Waals surface area contributed by atoms with Crippen molar-refractivity contribution in [1.82, 2.24) is 30.2 Å². The molecule has 1 atom stereocenters. The van der Waals surface area contributed by atoms with Crippen LogP contribution in [0, 0.1) is 0 Å². The van der Waals surface area contributed by atoms with E-state index in [-0.39, 0.29) is 5.91 Å². The maximum Gasteiger partial charge on any atom is 0.316 e. The molecule has 0 aromatic carbocycles. The number of rotatable bonds is 5. The van der Waals surface area contributed by atoms with E-state index in [1.165, 1.54) is 7.11 Å². The summed E-state index contributed by atoms with van der Waals surface area (Å²) in [5.41, 5.74) is 0.759. The predicted octanol–water partition coefficient (Wildman–Crippen LogP) is 0.512. The van der Waals surface area contributed by atoms with Gasteiger partial charge in [0, 0.05) is 43.9 Å². The van der Waals surface area contributed by atoms with Gasteiger partial charge in [-0.3, -0.25) is 19.7 Å². The van der Waals surface area contributed by atoms with Gasteiger partial charge in [0.25, 0.3) is 0 Å². The summed E-state index contributed by atoms with van der Waals surface area (Å²) in [6, 6.07) is 0.326. The van der Waals surface area contributed by atoms with Crippen molar-refractivity contribution in [3.05, 3.63) is 42.2 Å². The summed E-state index contributed by atoms with van der Waals surface area (Å²) in [6.07, 6.45) is 9.93. The maximum absolute atomic E-state index is 12.8. The molecule has 1 aliphatic rings. The Morgan fingerprint density at radius 3 is 2.71 bits per heavy atom. The molecule has 0 bridgehead atoms. The molecule has 1 N–H and O–H groups in total. The molecular formula is C16H20N6O2. The van der Waals surface area contributed by atoms with Gasteiger partial charge in [-0.25, -0.2) is 9.97 Å². The minimum absolute atomic E-state index is 0.0741. The molecular weight excluding hydrogens is 308 g/mol. The largest absolute Gasteiger partial charge is 0.467 e. The van der Waals surface area contributed by atoms with Crippen LogP contribution in [0.4, 0.5) is 0 Å². The summed E-state index contributed by atoms with van der Waals surface area (Å²) < 4.78 is 4.99.